The molecule has 8 heteroatoms. The van der Waals surface area contributed by atoms with E-state index in [9.17, 15) is 4.79 Å². The molecule has 2 aromatic rings. The van der Waals surface area contributed by atoms with Crippen LogP contribution in [0.25, 0.3) is 0 Å². The molecule has 0 atom stereocenters. The van der Waals surface area contributed by atoms with Crippen molar-refractivity contribution in [3.63, 3.8) is 0 Å². The number of nitrogens with zero attached hydrogens (tertiary/aromatic N) is 3. The number of aromatic nitrogens is 4. The third-order valence-electron chi connectivity index (χ3n) is 2.24. The van der Waals surface area contributed by atoms with Crippen LogP contribution in [0.3, 0.4) is 0 Å². The summed E-state index contributed by atoms with van der Waals surface area (Å²) in [6.45, 7) is 2.11. The Labute approximate surface area is 121 Å². The Morgan fingerprint density at radius 2 is 1.95 bits per heavy atom. The molecule has 0 amide bonds. The molecule has 0 radical (unpaired) electrons. The normalized spacial score (nSPS) is 9.63. The Bertz CT molecular complexity index is 650. The largest absolute Gasteiger partial charge is 0.449 e. The van der Waals surface area contributed by atoms with Crippen molar-refractivity contribution in [3.05, 3.63) is 34.3 Å². The second-order valence-corrected chi connectivity index (χ2v) is 4.39. The standard InChI is InChI=1S/C7H10N2O2S.C4H6N2S/c1-3-11-7(10)9-5-4-8(2)6(9)12;1-6-3-2-5-4(6)7/h4-5H,3H2,1-2H3;2-3H,1H3,(H,5,7). The van der Waals surface area contributed by atoms with Crippen molar-refractivity contribution in [2.24, 2.45) is 14.1 Å². The molecule has 2 aromatic heterocycles. The molecule has 2 rings (SSSR count). The van der Waals surface area contributed by atoms with Gasteiger partial charge < -0.3 is 18.9 Å². The lowest BCUT2D eigenvalue weighted by Gasteiger charge is -2.00. The van der Waals surface area contributed by atoms with E-state index in [2.05, 4.69) is 4.98 Å². The molecule has 2 heterocycles. The molecule has 0 saturated heterocycles. The smallest absolute Gasteiger partial charge is 0.420 e. The molecule has 0 bridgehead atoms. The topological polar surface area (TPSA) is 56.9 Å². The summed E-state index contributed by atoms with van der Waals surface area (Å²) in [4.78, 5) is 14.0. The lowest BCUT2D eigenvalue weighted by molar-refractivity contribution is 0.153. The minimum atomic E-state index is -0.428. The Morgan fingerprint density at radius 1 is 1.26 bits per heavy atom. The molecule has 0 saturated carbocycles. The number of aryl methyl sites for hydroxylation is 2. The van der Waals surface area contributed by atoms with Crippen LogP contribution in [0.4, 0.5) is 4.79 Å². The number of rotatable bonds is 1. The number of aromatic amines is 1. The molecule has 0 spiro atoms. The van der Waals surface area contributed by atoms with Crippen LogP contribution in [0.2, 0.25) is 0 Å². The molecule has 0 aliphatic carbocycles. The molecule has 0 fully saturated rings. The minimum Gasteiger partial charge on any atom is -0.449 e. The molecular weight excluding hydrogens is 284 g/mol. The zero-order valence-electron chi connectivity index (χ0n) is 11.0. The molecule has 0 unspecified atom stereocenters. The predicted molar refractivity (Wildman–Crippen MR) is 77.3 cm³/mol. The van der Waals surface area contributed by atoms with E-state index in [4.69, 9.17) is 29.2 Å². The van der Waals surface area contributed by atoms with Gasteiger partial charge in [-0.15, -0.1) is 0 Å². The lowest BCUT2D eigenvalue weighted by atomic mass is 10.8. The summed E-state index contributed by atoms with van der Waals surface area (Å²) < 4.78 is 10.8. The maximum Gasteiger partial charge on any atom is 0.420 e. The van der Waals surface area contributed by atoms with Crippen molar-refractivity contribution in [1.29, 1.82) is 0 Å². The van der Waals surface area contributed by atoms with Gasteiger partial charge in [0.25, 0.3) is 0 Å². The van der Waals surface area contributed by atoms with E-state index in [0.29, 0.717) is 11.4 Å². The van der Waals surface area contributed by atoms with Crippen LogP contribution in [-0.4, -0.2) is 31.4 Å². The van der Waals surface area contributed by atoms with Gasteiger partial charge in [-0.3, -0.25) is 0 Å². The quantitative estimate of drug-likeness (QED) is 0.823. The lowest BCUT2D eigenvalue weighted by Crippen LogP contribution is -2.13. The highest BCUT2D eigenvalue weighted by molar-refractivity contribution is 7.71. The Balaban J connectivity index is 0.000000218. The van der Waals surface area contributed by atoms with Crippen molar-refractivity contribution in [2.45, 2.75) is 6.92 Å². The summed E-state index contributed by atoms with van der Waals surface area (Å²) >= 11 is 9.74. The van der Waals surface area contributed by atoms with Crippen molar-refractivity contribution >= 4 is 30.5 Å². The van der Waals surface area contributed by atoms with Crippen molar-refractivity contribution in [1.82, 2.24) is 18.7 Å². The number of hydrogen-bond donors (Lipinski definition) is 1. The van der Waals surface area contributed by atoms with Crippen LogP contribution >= 0.6 is 24.4 Å². The molecule has 19 heavy (non-hydrogen) atoms. The second-order valence-electron chi connectivity index (χ2n) is 3.64. The Hall–Kier alpha value is -1.67. The van der Waals surface area contributed by atoms with Crippen LogP contribution < -0.4 is 0 Å². The monoisotopic (exact) mass is 300 g/mol. The highest BCUT2D eigenvalue weighted by Crippen LogP contribution is 1.96. The average Bonchev–Trinajstić information content (AvgIpc) is 2.89. The van der Waals surface area contributed by atoms with Crippen LogP contribution in [-0.2, 0) is 18.8 Å². The number of imidazole rings is 2. The average molecular weight is 300 g/mol. The maximum absolute atomic E-state index is 11.1. The number of nitrogens with one attached hydrogen (secondary N) is 1. The second kappa shape index (κ2) is 7.05. The fourth-order valence-corrected chi connectivity index (χ4v) is 1.51. The first kappa shape index (κ1) is 15.4. The summed E-state index contributed by atoms with van der Waals surface area (Å²) in [5.41, 5.74) is 0. The summed E-state index contributed by atoms with van der Waals surface area (Å²) in [6, 6.07) is 0. The summed E-state index contributed by atoms with van der Waals surface area (Å²) in [5.74, 6) is 0. The predicted octanol–water partition coefficient (Wildman–Crippen LogP) is 2.64. The van der Waals surface area contributed by atoms with Gasteiger partial charge in [0.2, 0.25) is 0 Å². The molecule has 0 aliphatic rings. The Morgan fingerprint density at radius 3 is 2.26 bits per heavy atom. The van der Waals surface area contributed by atoms with Gasteiger partial charge in [-0.25, -0.2) is 9.36 Å². The maximum atomic E-state index is 11.1. The molecule has 0 aliphatic heterocycles. The summed E-state index contributed by atoms with van der Waals surface area (Å²) in [6.07, 6.45) is 6.55. The van der Waals surface area contributed by atoms with E-state index in [1.807, 2.05) is 24.0 Å². The van der Waals surface area contributed by atoms with E-state index >= 15 is 0 Å². The van der Waals surface area contributed by atoms with E-state index < -0.39 is 6.09 Å². The van der Waals surface area contributed by atoms with Gasteiger partial charge in [0, 0.05) is 38.9 Å². The highest BCUT2D eigenvalue weighted by atomic mass is 32.1. The number of carbonyl (C=O) groups excluding carboxylic acids is 1. The fraction of sp³-hybridized carbons (Fsp3) is 0.364. The zero-order valence-corrected chi connectivity index (χ0v) is 12.6. The van der Waals surface area contributed by atoms with Gasteiger partial charge in [0.1, 0.15) is 0 Å². The number of carbonyl (C=O) groups is 1. The van der Waals surface area contributed by atoms with Gasteiger partial charge in [-0.1, -0.05) is 0 Å². The number of ether oxygens (including phenoxy) is 1. The van der Waals surface area contributed by atoms with Crippen LogP contribution in [0.5, 0.6) is 0 Å². The molecule has 1 N–H and O–H groups in total. The van der Waals surface area contributed by atoms with Gasteiger partial charge in [-0.2, -0.15) is 0 Å². The molecule has 104 valence electrons. The van der Waals surface area contributed by atoms with Gasteiger partial charge >= 0.3 is 6.09 Å². The fourth-order valence-electron chi connectivity index (χ4n) is 1.19. The SMILES string of the molecule is CCOC(=O)n1ccn(C)c1=S.Cn1cc[nH]c1=S. The van der Waals surface area contributed by atoms with E-state index in [1.165, 1.54) is 4.57 Å². The van der Waals surface area contributed by atoms with Gasteiger partial charge in [-0.05, 0) is 31.4 Å². The Kier molecular flexibility index (Phi) is 5.71. The van der Waals surface area contributed by atoms with Crippen molar-refractivity contribution in [3.8, 4) is 0 Å². The van der Waals surface area contributed by atoms with Gasteiger partial charge in [0.05, 0.1) is 6.61 Å². The van der Waals surface area contributed by atoms with E-state index in [-0.39, 0.29) is 0 Å². The summed E-state index contributed by atoms with van der Waals surface area (Å²) in [7, 11) is 3.68. The third-order valence-corrected chi connectivity index (χ3v) is 3.13. The molecular formula is C11H16N4O2S2. The number of hydrogen-bond acceptors (Lipinski definition) is 4. The van der Waals surface area contributed by atoms with Crippen LogP contribution in [0, 0.1) is 9.54 Å². The number of H-pyrrole nitrogens is 1. The van der Waals surface area contributed by atoms with Crippen molar-refractivity contribution in [2.75, 3.05) is 6.61 Å². The van der Waals surface area contributed by atoms with Gasteiger partial charge in [0.15, 0.2) is 9.54 Å². The minimum absolute atomic E-state index is 0.357. The zero-order chi connectivity index (χ0) is 14.4. The van der Waals surface area contributed by atoms with Crippen molar-refractivity contribution < 1.29 is 9.53 Å². The van der Waals surface area contributed by atoms with Crippen LogP contribution in [0.15, 0.2) is 24.8 Å². The van der Waals surface area contributed by atoms with E-state index in [0.717, 1.165) is 4.77 Å². The third kappa shape index (κ3) is 4.18. The molecule has 0 aromatic carbocycles. The van der Waals surface area contributed by atoms with Crippen LogP contribution in [0.1, 0.15) is 6.92 Å². The summed E-state index contributed by atoms with van der Waals surface area (Å²) in [5, 5.41) is 0. The van der Waals surface area contributed by atoms with E-state index in [1.54, 1.807) is 30.9 Å². The first-order valence-corrected chi connectivity index (χ1v) is 6.40. The first-order chi connectivity index (χ1) is 8.97. The molecule has 6 nitrogen and oxygen atoms in total. The highest BCUT2D eigenvalue weighted by Gasteiger charge is 2.05. The first-order valence-electron chi connectivity index (χ1n) is 5.58.